The van der Waals surface area contributed by atoms with Gasteiger partial charge in [0.15, 0.2) is 0 Å². The average Bonchev–Trinajstić information content (AvgIpc) is 2.33. The first kappa shape index (κ1) is 14.4. The van der Waals surface area contributed by atoms with Gasteiger partial charge >= 0.3 is 5.69 Å². The fourth-order valence-electron chi connectivity index (χ4n) is 1.46. The van der Waals surface area contributed by atoms with Gasteiger partial charge in [0.2, 0.25) is 0 Å². The molecule has 5 N–H and O–H groups in total. The number of nitrogens with two attached hydrogens (primary N) is 1. The van der Waals surface area contributed by atoms with Crippen LogP contribution in [-0.2, 0) is 4.74 Å². The molecule has 1 rings (SSSR count). The fourth-order valence-corrected chi connectivity index (χ4v) is 1.46. The van der Waals surface area contributed by atoms with Gasteiger partial charge in [-0.05, 0) is 13.3 Å². The van der Waals surface area contributed by atoms with Crippen molar-refractivity contribution >= 4 is 5.69 Å². The quantitative estimate of drug-likeness (QED) is 0.486. The molecule has 18 heavy (non-hydrogen) atoms. The van der Waals surface area contributed by atoms with Crippen LogP contribution in [0.25, 0.3) is 0 Å². The number of nitrogens with one attached hydrogen (secondary N) is 1. The highest BCUT2D eigenvalue weighted by Gasteiger charge is 2.15. The smallest absolute Gasteiger partial charge is 0.330 e. The van der Waals surface area contributed by atoms with Crippen molar-refractivity contribution in [1.29, 1.82) is 0 Å². The molecule has 0 fully saturated rings. The lowest BCUT2D eigenvalue weighted by Crippen LogP contribution is -2.35. The summed E-state index contributed by atoms with van der Waals surface area (Å²) in [5.74, 6) is 0. The van der Waals surface area contributed by atoms with E-state index in [-0.39, 0.29) is 25.3 Å². The Morgan fingerprint density at radius 1 is 1.50 bits per heavy atom. The Bertz CT molecular complexity index is 495. The van der Waals surface area contributed by atoms with Crippen molar-refractivity contribution in [3.63, 3.8) is 0 Å². The molecule has 0 aromatic carbocycles. The van der Waals surface area contributed by atoms with E-state index in [2.05, 4.69) is 0 Å². The minimum Gasteiger partial charge on any atom is -0.396 e. The van der Waals surface area contributed by atoms with Crippen LogP contribution in [0.5, 0.6) is 0 Å². The van der Waals surface area contributed by atoms with Crippen molar-refractivity contribution in [1.82, 2.24) is 9.55 Å². The lowest BCUT2D eigenvalue weighted by Gasteiger charge is -2.21. The summed E-state index contributed by atoms with van der Waals surface area (Å²) in [6, 6.07) is 0. The summed E-state index contributed by atoms with van der Waals surface area (Å²) in [5, 5.41) is 17.8. The van der Waals surface area contributed by atoms with Gasteiger partial charge in [0.1, 0.15) is 11.9 Å². The normalized spacial score (nSPS) is 14.4. The highest BCUT2D eigenvalue weighted by atomic mass is 16.5. The van der Waals surface area contributed by atoms with Crippen LogP contribution >= 0.6 is 0 Å². The molecule has 0 amide bonds. The molecule has 0 aliphatic carbocycles. The Morgan fingerprint density at radius 3 is 2.72 bits per heavy atom. The number of H-pyrrole nitrogens is 1. The van der Waals surface area contributed by atoms with Crippen LogP contribution in [0.2, 0.25) is 0 Å². The second-order valence-electron chi connectivity index (χ2n) is 3.80. The number of aromatic amines is 1. The van der Waals surface area contributed by atoms with Crippen molar-refractivity contribution in [2.75, 3.05) is 18.9 Å². The van der Waals surface area contributed by atoms with E-state index in [4.69, 9.17) is 20.7 Å². The molecular formula is C10H17N3O5. The van der Waals surface area contributed by atoms with E-state index in [0.717, 1.165) is 4.57 Å². The van der Waals surface area contributed by atoms with Gasteiger partial charge in [0.05, 0.1) is 12.7 Å². The van der Waals surface area contributed by atoms with Gasteiger partial charge in [0, 0.05) is 12.8 Å². The van der Waals surface area contributed by atoms with E-state index < -0.39 is 23.6 Å². The first-order chi connectivity index (χ1) is 8.49. The Morgan fingerprint density at radius 2 is 2.17 bits per heavy atom. The van der Waals surface area contributed by atoms with Crippen molar-refractivity contribution < 1.29 is 14.9 Å². The van der Waals surface area contributed by atoms with Gasteiger partial charge in [-0.15, -0.1) is 0 Å². The summed E-state index contributed by atoms with van der Waals surface area (Å²) in [4.78, 5) is 24.7. The number of rotatable bonds is 6. The zero-order valence-corrected chi connectivity index (χ0v) is 10.00. The molecule has 1 unspecified atom stereocenters. The second-order valence-corrected chi connectivity index (χ2v) is 3.80. The first-order valence-electron chi connectivity index (χ1n) is 5.47. The number of nitrogen functional groups attached to an aromatic ring is 1. The maximum atomic E-state index is 11.5. The Balaban J connectivity index is 2.90. The number of aromatic nitrogens is 2. The van der Waals surface area contributed by atoms with Crippen molar-refractivity contribution in [3.8, 4) is 0 Å². The summed E-state index contributed by atoms with van der Waals surface area (Å²) in [6.07, 6.45) is 0.110. The topological polar surface area (TPSA) is 131 Å². The highest BCUT2D eigenvalue weighted by molar-refractivity contribution is 5.30. The lowest BCUT2D eigenvalue weighted by atomic mass is 10.3. The maximum Gasteiger partial charge on any atom is 0.330 e. The van der Waals surface area contributed by atoms with Crippen molar-refractivity contribution in [3.05, 3.63) is 27.0 Å². The van der Waals surface area contributed by atoms with Gasteiger partial charge in [-0.2, -0.15) is 0 Å². The third kappa shape index (κ3) is 3.42. The van der Waals surface area contributed by atoms with Gasteiger partial charge in [-0.1, -0.05) is 0 Å². The predicted octanol–water partition coefficient (Wildman–Crippen LogP) is -1.60. The Kier molecular flexibility index (Phi) is 5.08. The first-order valence-corrected chi connectivity index (χ1v) is 5.47. The fraction of sp³-hybridized carbons (Fsp3) is 0.600. The van der Waals surface area contributed by atoms with Crippen LogP contribution < -0.4 is 17.0 Å². The molecule has 1 aromatic heterocycles. The van der Waals surface area contributed by atoms with E-state index in [1.807, 2.05) is 4.98 Å². The Labute approximate surface area is 103 Å². The van der Waals surface area contributed by atoms with E-state index in [0.29, 0.717) is 0 Å². The standard InChI is InChI=1S/C10H17N3O5/c1-6(18-7(5-15)2-3-14)13-4-8(11)9(16)12-10(13)17/h4,6-7,14-15H,2-3,5,11H2,1H3,(H,12,16,17)/t6?,7-/m0/s1. The number of aliphatic hydroxyl groups is 2. The molecule has 0 spiro atoms. The zero-order chi connectivity index (χ0) is 13.7. The maximum absolute atomic E-state index is 11.5. The molecular weight excluding hydrogens is 242 g/mol. The van der Waals surface area contributed by atoms with Gasteiger partial charge in [0.25, 0.3) is 5.56 Å². The summed E-state index contributed by atoms with van der Waals surface area (Å²) >= 11 is 0. The van der Waals surface area contributed by atoms with Crippen LogP contribution in [0.4, 0.5) is 5.69 Å². The lowest BCUT2D eigenvalue weighted by molar-refractivity contribution is -0.0748. The van der Waals surface area contributed by atoms with Crippen LogP contribution in [0, 0.1) is 0 Å². The van der Waals surface area contributed by atoms with Crippen molar-refractivity contribution in [2.24, 2.45) is 0 Å². The Hall–Kier alpha value is -1.64. The number of hydrogen-bond acceptors (Lipinski definition) is 6. The molecule has 0 bridgehead atoms. The second kappa shape index (κ2) is 6.34. The summed E-state index contributed by atoms with van der Waals surface area (Å²) < 4.78 is 6.49. The monoisotopic (exact) mass is 259 g/mol. The van der Waals surface area contributed by atoms with E-state index in [9.17, 15) is 9.59 Å². The summed E-state index contributed by atoms with van der Waals surface area (Å²) in [7, 11) is 0. The van der Waals surface area contributed by atoms with Crippen LogP contribution in [0.15, 0.2) is 15.8 Å². The largest absolute Gasteiger partial charge is 0.396 e. The highest BCUT2D eigenvalue weighted by Crippen LogP contribution is 2.10. The SMILES string of the molecule is CC(O[C@H](CO)CCO)n1cc(N)c(=O)[nH]c1=O. The number of hydrogen-bond donors (Lipinski definition) is 4. The van der Waals surface area contributed by atoms with Gasteiger partial charge in [-0.3, -0.25) is 14.3 Å². The molecule has 102 valence electrons. The molecule has 0 saturated heterocycles. The van der Waals surface area contributed by atoms with Crippen LogP contribution in [0.3, 0.4) is 0 Å². The molecule has 2 atom stereocenters. The number of ether oxygens (including phenoxy) is 1. The molecule has 8 nitrogen and oxygen atoms in total. The molecule has 8 heteroatoms. The molecule has 1 aromatic rings. The van der Waals surface area contributed by atoms with Gasteiger partial charge < -0.3 is 20.7 Å². The molecule has 1 heterocycles. The molecule has 0 aliphatic rings. The minimum absolute atomic E-state index is 0.104. The van der Waals surface area contributed by atoms with E-state index >= 15 is 0 Å². The third-order valence-corrected chi connectivity index (χ3v) is 2.43. The summed E-state index contributed by atoms with van der Waals surface area (Å²) in [5.41, 5.74) is 3.99. The average molecular weight is 259 g/mol. The predicted molar refractivity (Wildman–Crippen MR) is 64.1 cm³/mol. The van der Waals surface area contributed by atoms with E-state index in [1.165, 1.54) is 6.20 Å². The molecule has 0 aliphatic heterocycles. The zero-order valence-electron chi connectivity index (χ0n) is 10.00. The van der Waals surface area contributed by atoms with E-state index in [1.54, 1.807) is 6.92 Å². The number of nitrogens with zero attached hydrogens (tertiary/aromatic N) is 1. The number of anilines is 1. The molecule has 0 radical (unpaired) electrons. The van der Waals surface area contributed by atoms with Crippen LogP contribution in [0.1, 0.15) is 19.6 Å². The number of aliphatic hydroxyl groups excluding tert-OH is 2. The minimum atomic E-state index is -0.722. The van der Waals surface area contributed by atoms with Gasteiger partial charge in [-0.25, -0.2) is 4.79 Å². The summed E-state index contributed by atoms with van der Waals surface area (Å²) in [6.45, 7) is 1.15. The van der Waals surface area contributed by atoms with Crippen LogP contribution in [-0.4, -0.2) is 39.1 Å². The molecule has 0 saturated carbocycles. The van der Waals surface area contributed by atoms with Crippen molar-refractivity contribution in [2.45, 2.75) is 25.7 Å². The third-order valence-electron chi connectivity index (χ3n) is 2.43.